The highest BCUT2D eigenvalue weighted by Crippen LogP contribution is 2.22. The molecule has 0 fully saturated rings. The topological polar surface area (TPSA) is 26.0 Å². The summed E-state index contributed by atoms with van der Waals surface area (Å²) in [4.78, 5) is 0. The molecule has 90 valence electrons. The van der Waals surface area contributed by atoms with Crippen molar-refractivity contribution in [2.45, 2.75) is 52.0 Å². The lowest BCUT2D eigenvalue weighted by atomic mass is 9.84. The van der Waals surface area contributed by atoms with E-state index >= 15 is 0 Å². The highest BCUT2D eigenvalue weighted by Gasteiger charge is 2.21. The standard InChI is InChI=1S/C15H25N/c1-4-8-13(2)11-15(3,16)12-14-9-6-5-7-10-14/h5-7,9-10,13H,4,8,11-12,16H2,1-3H3. The lowest BCUT2D eigenvalue weighted by Gasteiger charge is -2.28. The van der Waals surface area contributed by atoms with Gasteiger partial charge in [0.15, 0.2) is 0 Å². The Morgan fingerprint density at radius 3 is 2.44 bits per heavy atom. The molecule has 2 N–H and O–H groups in total. The van der Waals surface area contributed by atoms with Gasteiger partial charge in [0.1, 0.15) is 0 Å². The van der Waals surface area contributed by atoms with Gasteiger partial charge in [0.2, 0.25) is 0 Å². The van der Waals surface area contributed by atoms with Crippen LogP contribution in [0.15, 0.2) is 30.3 Å². The van der Waals surface area contributed by atoms with Crippen LogP contribution in [0, 0.1) is 5.92 Å². The van der Waals surface area contributed by atoms with Crippen LogP contribution in [0.2, 0.25) is 0 Å². The highest BCUT2D eigenvalue weighted by atomic mass is 14.7. The van der Waals surface area contributed by atoms with Crippen LogP contribution < -0.4 is 5.73 Å². The zero-order valence-electron chi connectivity index (χ0n) is 10.9. The fourth-order valence-corrected chi connectivity index (χ4v) is 2.53. The first-order chi connectivity index (χ1) is 7.53. The second-order valence-electron chi connectivity index (χ2n) is 5.41. The smallest absolute Gasteiger partial charge is 0.0169 e. The van der Waals surface area contributed by atoms with Crippen molar-refractivity contribution in [3.05, 3.63) is 35.9 Å². The average Bonchev–Trinajstić information content (AvgIpc) is 2.17. The maximum absolute atomic E-state index is 6.38. The predicted octanol–water partition coefficient (Wildman–Crippen LogP) is 3.77. The molecule has 2 unspecified atom stereocenters. The Hall–Kier alpha value is -0.820. The molecule has 2 atom stereocenters. The summed E-state index contributed by atoms with van der Waals surface area (Å²) in [6.07, 6.45) is 4.61. The molecule has 0 aliphatic heterocycles. The van der Waals surface area contributed by atoms with Gasteiger partial charge >= 0.3 is 0 Å². The van der Waals surface area contributed by atoms with E-state index in [1.165, 1.54) is 18.4 Å². The van der Waals surface area contributed by atoms with E-state index in [2.05, 4.69) is 51.1 Å². The minimum absolute atomic E-state index is 0.0735. The molecular formula is C15H25N. The van der Waals surface area contributed by atoms with Crippen molar-refractivity contribution in [2.24, 2.45) is 11.7 Å². The third kappa shape index (κ3) is 4.80. The van der Waals surface area contributed by atoms with Gasteiger partial charge in [-0.15, -0.1) is 0 Å². The van der Waals surface area contributed by atoms with E-state index in [1.54, 1.807) is 0 Å². The monoisotopic (exact) mass is 219 g/mol. The first kappa shape index (κ1) is 13.2. The molecule has 0 bridgehead atoms. The van der Waals surface area contributed by atoms with Crippen LogP contribution in [0.4, 0.5) is 0 Å². The zero-order chi connectivity index (χ0) is 12.0. The van der Waals surface area contributed by atoms with E-state index in [4.69, 9.17) is 5.73 Å². The van der Waals surface area contributed by atoms with Gasteiger partial charge < -0.3 is 5.73 Å². The van der Waals surface area contributed by atoms with Gasteiger partial charge in [0.25, 0.3) is 0 Å². The van der Waals surface area contributed by atoms with E-state index < -0.39 is 0 Å². The van der Waals surface area contributed by atoms with Crippen LogP contribution in [0.25, 0.3) is 0 Å². The maximum Gasteiger partial charge on any atom is 0.0169 e. The summed E-state index contributed by atoms with van der Waals surface area (Å²) in [5, 5.41) is 0. The fourth-order valence-electron chi connectivity index (χ4n) is 2.53. The predicted molar refractivity (Wildman–Crippen MR) is 71.4 cm³/mol. The number of rotatable bonds is 6. The SMILES string of the molecule is CCCC(C)CC(C)(N)Cc1ccccc1. The summed E-state index contributed by atoms with van der Waals surface area (Å²) in [6.45, 7) is 6.72. The van der Waals surface area contributed by atoms with Crippen LogP contribution in [0.5, 0.6) is 0 Å². The minimum Gasteiger partial charge on any atom is -0.325 e. The van der Waals surface area contributed by atoms with Crippen molar-refractivity contribution in [1.82, 2.24) is 0 Å². The number of benzene rings is 1. The van der Waals surface area contributed by atoms with Gasteiger partial charge in [-0.2, -0.15) is 0 Å². The molecule has 0 saturated heterocycles. The van der Waals surface area contributed by atoms with Gasteiger partial charge in [-0.25, -0.2) is 0 Å². The van der Waals surface area contributed by atoms with Crippen molar-refractivity contribution in [3.8, 4) is 0 Å². The molecule has 0 radical (unpaired) electrons. The lowest BCUT2D eigenvalue weighted by Crippen LogP contribution is -2.40. The van der Waals surface area contributed by atoms with E-state index in [0.717, 1.165) is 18.8 Å². The minimum atomic E-state index is -0.0735. The number of hydrogen-bond donors (Lipinski definition) is 1. The van der Waals surface area contributed by atoms with Crippen LogP contribution in [-0.4, -0.2) is 5.54 Å². The second kappa shape index (κ2) is 6.05. The molecule has 0 aliphatic carbocycles. The summed E-state index contributed by atoms with van der Waals surface area (Å²) in [5.41, 5.74) is 7.65. The average molecular weight is 219 g/mol. The van der Waals surface area contributed by atoms with E-state index in [-0.39, 0.29) is 5.54 Å². The summed E-state index contributed by atoms with van der Waals surface area (Å²) >= 11 is 0. The van der Waals surface area contributed by atoms with Gasteiger partial charge in [-0.3, -0.25) is 0 Å². The Labute approximate surface area is 100 Å². The summed E-state index contributed by atoms with van der Waals surface area (Å²) in [7, 11) is 0. The number of hydrogen-bond acceptors (Lipinski definition) is 1. The van der Waals surface area contributed by atoms with Crippen LogP contribution in [0.3, 0.4) is 0 Å². The quantitative estimate of drug-likeness (QED) is 0.774. The molecule has 0 amide bonds. The van der Waals surface area contributed by atoms with Gasteiger partial charge in [-0.1, -0.05) is 57.0 Å². The van der Waals surface area contributed by atoms with Crippen molar-refractivity contribution >= 4 is 0 Å². The number of nitrogens with two attached hydrogens (primary N) is 1. The van der Waals surface area contributed by atoms with Crippen molar-refractivity contribution in [2.75, 3.05) is 0 Å². The largest absolute Gasteiger partial charge is 0.325 e. The van der Waals surface area contributed by atoms with E-state index in [1.807, 2.05) is 0 Å². The van der Waals surface area contributed by atoms with Crippen molar-refractivity contribution < 1.29 is 0 Å². The molecule has 1 aromatic carbocycles. The molecular weight excluding hydrogens is 194 g/mol. The molecule has 0 aromatic heterocycles. The first-order valence-electron chi connectivity index (χ1n) is 6.36. The Kier molecular flexibility index (Phi) is 5.01. The van der Waals surface area contributed by atoms with Crippen LogP contribution in [0.1, 0.15) is 45.6 Å². The molecule has 1 heteroatoms. The zero-order valence-corrected chi connectivity index (χ0v) is 10.9. The Bertz CT molecular complexity index is 290. The Morgan fingerprint density at radius 1 is 1.25 bits per heavy atom. The third-order valence-electron chi connectivity index (χ3n) is 3.05. The molecule has 0 saturated carbocycles. The highest BCUT2D eigenvalue weighted by molar-refractivity contribution is 5.17. The molecule has 1 rings (SSSR count). The Balaban J connectivity index is 2.51. The van der Waals surface area contributed by atoms with Crippen molar-refractivity contribution in [3.63, 3.8) is 0 Å². The molecule has 1 aromatic rings. The van der Waals surface area contributed by atoms with Gasteiger partial charge in [0, 0.05) is 5.54 Å². The molecule has 0 aliphatic rings. The third-order valence-corrected chi connectivity index (χ3v) is 3.05. The van der Waals surface area contributed by atoms with Crippen LogP contribution >= 0.6 is 0 Å². The summed E-state index contributed by atoms with van der Waals surface area (Å²) < 4.78 is 0. The second-order valence-corrected chi connectivity index (χ2v) is 5.41. The van der Waals surface area contributed by atoms with Gasteiger partial charge in [0.05, 0.1) is 0 Å². The van der Waals surface area contributed by atoms with Gasteiger partial charge in [-0.05, 0) is 31.2 Å². The van der Waals surface area contributed by atoms with Crippen molar-refractivity contribution in [1.29, 1.82) is 0 Å². The molecule has 0 spiro atoms. The normalized spacial score (nSPS) is 16.8. The maximum atomic E-state index is 6.38. The molecule has 16 heavy (non-hydrogen) atoms. The summed E-state index contributed by atoms with van der Waals surface area (Å²) in [6, 6.07) is 10.5. The Morgan fingerprint density at radius 2 is 1.88 bits per heavy atom. The van der Waals surface area contributed by atoms with E-state index in [9.17, 15) is 0 Å². The molecule has 0 heterocycles. The van der Waals surface area contributed by atoms with E-state index in [0.29, 0.717) is 0 Å². The van der Waals surface area contributed by atoms with Crippen LogP contribution in [-0.2, 0) is 6.42 Å². The first-order valence-corrected chi connectivity index (χ1v) is 6.36. The fraction of sp³-hybridized carbons (Fsp3) is 0.600. The summed E-state index contributed by atoms with van der Waals surface area (Å²) in [5.74, 6) is 0.726. The molecule has 1 nitrogen and oxygen atoms in total. The lowest BCUT2D eigenvalue weighted by molar-refractivity contribution is 0.337.